The molecule has 0 aromatic heterocycles. The summed E-state index contributed by atoms with van der Waals surface area (Å²) in [4.78, 5) is 15.0. The highest BCUT2D eigenvalue weighted by Gasteiger charge is 2.28. The summed E-state index contributed by atoms with van der Waals surface area (Å²) in [6.07, 6.45) is 5.19. The van der Waals surface area contributed by atoms with Crippen LogP contribution in [0.25, 0.3) is 0 Å². The molecule has 0 aliphatic carbocycles. The lowest BCUT2D eigenvalue weighted by Crippen LogP contribution is -2.43. The average Bonchev–Trinajstić information content (AvgIpc) is 2.82. The summed E-state index contributed by atoms with van der Waals surface area (Å²) in [5.74, 6) is 2.50. The number of hydrogen-bond donors (Lipinski definition) is 1. The molecule has 3 rings (SSSR count). The van der Waals surface area contributed by atoms with Gasteiger partial charge < -0.3 is 10.2 Å². The minimum Gasteiger partial charge on any atom is -0.336 e. The molecule has 1 aromatic carbocycles. The first-order chi connectivity index (χ1) is 11.2. The average molecular weight is 389 g/mol. The van der Waals surface area contributed by atoms with Crippen LogP contribution in [0.4, 0.5) is 0 Å². The van der Waals surface area contributed by atoms with Crippen LogP contribution in [0, 0.1) is 0 Å². The van der Waals surface area contributed by atoms with Crippen molar-refractivity contribution in [2.75, 3.05) is 24.6 Å². The molecule has 1 amide bonds. The Balaban J connectivity index is 0.00000208. The number of likely N-dealkylation sites (tertiary alicyclic amines) is 1. The molecule has 0 bridgehead atoms. The molecular weight excluding hydrogens is 363 g/mol. The predicted octanol–water partition coefficient (Wildman–Crippen LogP) is 4.30. The number of halogens is 2. The van der Waals surface area contributed by atoms with E-state index in [4.69, 9.17) is 11.6 Å². The molecule has 3 nitrogen and oxygen atoms in total. The molecule has 1 aromatic rings. The zero-order valence-corrected chi connectivity index (χ0v) is 16.3. The van der Waals surface area contributed by atoms with Crippen molar-refractivity contribution in [2.24, 2.45) is 0 Å². The first-order valence-corrected chi connectivity index (χ1v) is 10.1. The van der Waals surface area contributed by atoms with Gasteiger partial charge in [0.05, 0.1) is 6.04 Å². The Morgan fingerprint density at radius 2 is 2.04 bits per heavy atom. The van der Waals surface area contributed by atoms with Crippen LogP contribution in [0.5, 0.6) is 0 Å². The van der Waals surface area contributed by atoms with Gasteiger partial charge in [0.1, 0.15) is 0 Å². The van der Waals surface area contributed by atoms with E-state index in [0.717, 1.165) is 42.5 Å². The summed E-state index contributed by atoms with van der Waals surface area (Å²) < 4.78 is 0. The molecule has 2 unspecified atom stereocenters. The van der Waals surface area contributed by atoms with Crippen LogP contribution >= 0.6 is 35.8 Å². The molecule has 0 radical (unpaired) electrons. The van der Waals surface area contributed by atoms with E-state index in [1.807, 2.05) is 23.9 Å². The fourth-order valence-electron chi connectivity index (χ4n) is 3.52. The van der Waals surface area contributed by atoms with Gasteiger partial charge in [0.15, 0.2) is 0 Å². The van der Waals surface area contributed by atoms with Gasteiger partial charge in [-0.2, -0.15) is 11.8 Å². The van der Waals surface area contributed by atoms with E-state index in [1.165, 1.54) is 18.4 Å². The number of nitrogens with one attached hydrogen (secondary N) is 1. The van der Waals surface area contributed by atoms with E-state index in [2.05, 4.69) is 22.3 Å². The lowest BCUT2D eigenvalue weighted by molar-refractivity contribution is -0.134. The molecule has 24 heavy (non-hydrogen) atoms. The molecule has 2 aliphatic rings. The number of rotatable bonds is 3. The van der Waals surface area contributed by atoms with Gasteiger partial charge >= 0.3 is 0 Å². The molecule has 6 heteroatoms. The quantitative estimate of drug-likeness (QED) is 0.837. The number of amides is 1. The maximum atomic E-state index is 12.9. The van der Waals surface area contributed by atoms with Gasteiger partial charge in [0, 0.05) is 42.1 Å². The Morgan fingerprint density at radius 1 is 1.25 bits per heavy atom. The largest absolute Gasteiger partial charge is 0.336 e. The van der Waals surface area contributed by atoms with Crippen LogP contribution in [0.1, 0.15) is 43.7 Å². The normalized spacial score (nSPS) is 24.8. The van der Waals surface area contributed by atoms with Gasteiger partial charge in [-0.3, -0.25) is 4.79 Å². The number of carbonyl (C=O) groups excluding carboxylic acids is 1. The van der Waals surface area contributed by atoms with Crippen molar-refractivity contribution >= 4 is 41.7 Å². The number of hydrogen-bond acceptors (Lipinski definition) is 3. The van der Waals surface area contributed by atoms with Gasteiger partial charge in [0.25, 0.3) is 0 Å². The van der Waals surface area contributed by atoms with Gasteiger partial charge in [0.2, 0.25) is 5.91 Å². The van der Waals surface area contributed by atoms with Crippen molar-refractivity contribution in [2.45, 2.75) is 44.2 Å². The maximum Gasteiger partial charge on any atom is 0.224 e. The minimum atomic E-state index is 0. The van der Waals surface area contributed by atoms with Crippen molar-refractivity contribution in [1.29, 1.82) is 0 Å². The smallest absolute Gasteiger partial charge is 0.224 e. The second-order valence-corrected chi connectivity index (χ2v) is 8.02. The van der Waals surface area contributed by atoms with Crippen LogP contribution in [0.3, 0.4) is 0 Å². The lowest BCUT2D eigenvalue weighted by atomic mass is 10.00. The van der Waals surface area contributed by atoms with E-state index >= 15 is 0 Å². The molecule has 2 fully saturated rings. The third-order valence-electron chi connectivity index (χ3n) is 4.75. The summed E-state index contributed by atoms with van der Waals surface area (Å²) in [6.45, 7) is 1.90. The summed E-state index contributed by atoms with van der Waals surface area (Å²) >= 11 is 7.97. The molecular formula is C18H26Cl2N2OS. The summed E-state index contributed by atoms with van der Waals surface area (Å²) in [5, 5.41) is 4.23. The molecule has 134 valence electrons. The molecule has 2 aliphatic heterocycles. The Bertz CT molecular complexity index is 520. The standard InChI is InChI=1S/C18H25ClN2OS.ClH/c19-15-7-5-14(6-8-15)17-4-2-1-3-10-21(17)18(22)12-16-13-23-11-9-20-16;/h5-8,16-17,20H,1-4,9-13H2;1H. The Labute approximate surface area is 160 Å². The van der Waals surface area contributed by atoms with Crippen LogP contribution in [0.15, 0.2) is 24.3 Å². The van der Waals surface area contributed by atoms with Gasteiger partial charge in [-0.15, -0.1) is 12.4 Å². The molecule has 2 atom stereocenters. The maximum absolute atomic E-state index is 12.9. The lowest BCUT2D eigenvalue weighted by Gasteiger charge is -2.33. The fourth-order valence-corrected chi connectivity index (χ4v) is 4.59. The van der Waals surface area contributed by atoms with Gasteiger partial charge in [-0.05, 0) is 30.5 Å². The molecule has 2 saturated heterocycles. The highest BCUT2D eigenvalue weighted by molar-refractivity contribution is 7.99. The van der Waals surface area contributed by atoms with E-state index in [-0.39, 0.29) is 18.4 Å². The third kappa shape index (κ3) is 5.29. The second kappa shape index (κ2) is 9.91. The van der Waals surface area contributed by atoms with Crippen molar-refractivity contribution < 1.29 is 4.79 Å². The Morgan fingerprint density at radius 3 is 2.75 bits per heavy atom. The highest BCUT2D eigenvalue weighted by atomic mass is 35.5. The van der Waals surface area contributed by atoms with Crippen LogP contribution < -0.4 is 5.32 Å². The summed E-state index contributed by atoms with van der Waals surface area (Å²) in [7, 11) is 0. The highest BCUT2D eigenvalue weighted by Crippen LogP contribution is 2.31. The first kappa shape index (κ1) is 19.9. The summed E-state index contributed by atoms with van der Waals surface area (Å²) in [5.41, 5.74) is 1.22. The molecule has 1 N–H and O–H groups in total. The monoisotopic (exact) mass is 388 g/mol. The fraction of sp³-hybridized carbons (Fsp3) is 0.611. The van der Waals surface area contributed by atoms with Crippen molar-refractivity contribution in [3.05, 3.63) is 34.9 Å². The SMILES string of the molecule is Cl.O=C(CC1CSCCN1)N1CCCCCC1c1ccc(Cl)cc1. The zero-order valence-electron chi connectivity index (χ0n) is 13.9. The first-order valence-electron chi connectivity index (χ1n) is 8.60. The van der Waals surface area contributed by atoms with Crippen LogP contribution in [-0.2, 0) is 4.79 Å². The van der Waals surface area contributed by atoms with Crippen LogP contribution in [-0.4, -0.2) is 41.4 Å². The number of nitrogens with zero attached hydrogens (tertiary/aromatic N) is 1. The topological polar surface area (TPSA) is 32.3 Å². The van der Waals surface area contributed by atoms with E-state index in [0.29, 0.717) is 18.4 Å². The zero-order chi connectivity index (χ0) is 16.1. The predicted molar refractivity (Wildman–Crippen MR) is 105 cm³/mol. The van der Waals surface area contributed by atoms with E-state index in [1.54, 1.807) is 0 Å². The molecule has 0 saturated carbocycles. The van der Waals surface area contributed by atoms with Crippen molar-refractivity contribution in [1.82, 2.24) is 10.2 Å². The van der Waals surface area contributed by atoms with Gasteiger partial charge in [-0.1, -0.05) is 36.6 Å². The number of thioether (sulfide) groups is 1. The third-order valence-corrected chi connectivity index (χ3v) is 6.13. The molecule has 0 spiro atoms. The van der Waals surface area contributed by atoms with E-state index in [9.17, 15) is 4.79 Å². The van der Waals surface area contributed by atoms with Gasteiger partial charge in [-0.25, -0.2) is 0 Å². The van der Waals surface area contributed by atoms with Crippen molar-refractivity contribution in [3.63, 3.8) is 0 Å². The second-order valence-electron chi connectivity index (χ2n) is 6.43. The van der Waals surface area contributed by atoms with Crippen molar-refractivity contribution in [3.8, 4) is 0 Å². The molecule has 2 heterocycles. The summed E-state index contributed by atoms with van der Waals surface area (Å²) in [6, 6.07) is 8.56. The minimum absolute atomic E-state index is 0. The number of carbonyl (C=O) groups is 1. The number of benzene rings is 1. The van der Waals surface area contributed by atoms with Crippen LogP contribution in [0.2, 0.25) is 5.02 Å². The van der Waals surface area contributed by atoms with E-state index < -0.39 is 0 Å². The Kier molecular flexibility index (Phi) is 8.21. The Hall–Kier alpha value is -0.420.